The molecule has 1 atom stereocenters. The SMILES string of the molecule is C1=C2C(=CCC1)C1(c3ccccc32)c2ccccc2-c2cc3c(cc21)Oc1cccc(N(c2ccccc2)c2ccc4oc5ccccc5c4c2)c1O3. The molecule has 0 bridgehead atoms. The molecule has 53 heavy (non-hydrogen) atoms. The third-order valence-corrected chi connectivity index (χ3v) is 11.6. The Hall–Kier alpha value is -6.78. The van der Waals surface area contributed by atoms with E-state index >= 15 is 0 Å². The fraction of sp³-hybridized carbons (Fsp3) is 0.0612. The molecular formula is C49H31NO3. The number of allylic oxidation sites excluding steroid dienone is 4. The van der Waals surface area contributed by atoms with E-state index in [4.69, 9.17) is 13.9 Å². The van der Waals surface area contributed by atoms with E-state index in [0.29, 0.717) is 17.2 Å². The number of anilines is 3. The third-order valence-electron chi connectivity index (χ3n) is 11.6. The van der Waals surface area contributed by atoms with Crippen molar-refractivity contribution in [3.8, 4) is 34.1 Å². The summed E-state index contributed by atoms with van der Waals surface area (Å²) >= 11 is 0. The maximum Gasteiger partial charge on any atom is 0.194 e. The Kier molecular flexibility index (Phi) is 5.79. The predicted molar refractivity (Wildman–Crippen MR) is 212 cm³/mol. The number of hydrogen-bond donors (Lipinski definition) is 0. The number of ether oxygens (including phenoxy) is 2. The van der Waals surface area contributed by atoms with Gasteiger partial charge in [0.25, 0.3) is 0 Å². The Morgan fingerprint density at radius 2 is 1.21 bits per heavy atom. The summed E-state index contributed by atoms with van der Waals surface area (Å²) in [6.07, 6.45) is 7.00. The van der Waals surface area contributed by atoms with Crippen molar-refractivity contribution in [3.05, 3.63) is 192 Å². The average Bonchev–Trinajstić information content (AvgIpc) is 3.84. The van der Waals surface area contributed by atoms with Crippen LogP contribution in [0.3, 0.4) is 0 Å². The zero-order chi connectivity index (χ0) is 34.7. The number of hydrogen-bond acceptors (Lipinski definition) is 4. The van der Waals surface area contributed by atoms with E-state index in [-0.39, 0.29) is 0 Å². The molecule has 1 aliphatic heterocycles. The van der Waals surface area contributed by atoms with Gasteiger partial charge in [-0.3, -0.25) is 0 Å². The quantitative estimate of drug-likeness (QED) is 0.186. The van der Waals surface area contributed by atoms with Gasteiger partial charge >= 0.3 is 0 Å². The van der Waals surface area contributed by atoms with Gasteiger partial charge in [0, 0.05) is 22.1 Å². The number of furan rings is 1. The number of fused-ring (bicyclic) bond motifs is 15. The van der Waals surface area contributed by atoms with Crippen molar-refractivity contribution >= 4 is 44.6 Å². The van der Waals surface area contributed by atoms with Crippen LogP contribution in [0.15, 0.2) is 174 Å². The van der Waals surface area contributed by atoms with E-state index in [2.05, 4.69) is 138 Å². The summed E-state index contributed by atoms with van der Waals surface area (Å²) in [7, 11) is 0. The van der Waals surface area contributed by atoms with Crippen LogP contribution < -0.4 is 14.4 Å². The van der Waals surface area contributed by atoms with Gasteiger partial charge in [-0.15, -0.1) is 0 Å². The monoisotopic (exact) mass is 681 g/mol. The van der Waals surface area contributed by atoms with Gasteiger partial charge in [0.05, 0.1) is 11.1 Å². The van der Waals surface area contributed by atoms with E-state index < -0.39 is 5.41 Å². The maximum atomic E-state index is 7.03. The molecule has 4 nitrogen and oxygen atoms in total. The molecule has 0 radical (unpaired) electrons. The Morgan fingerprint density at radius 3 is 2.11 bits per heavy atom. The van der Waals surface area contributed by atoms with Crippen LogP contribution in [0.5, 0.6) is 23.0 Å². The van der Waals surface area contributed by atoms with E-state index in [0.717, 1.165) is 57.6 Å². The van der Waals surface area contributed by atoms with Gasteiger partial charge < -0.3 is 18.8 Å². The van der Waals surface area contributed by atoms with Crippen LogP contribution in [0.4, 0.5) is 17.1 Å². The van der Waals surface area contributed by atoms with Crippen molar-refractivity contribution in [2.45, 2.75) is 18.3 Å². The average molecular weight is 682 g/mol. The summed E-state index contributed by atoms with van der Waals surface area (Å²) in [6.45, 7) is 0. The molecule has 1 spiro atoms. The van der Waals surface area contributed by atoms with Crippen LogP contribution in [-0.2, 0) is 5.41 Å². The van der Waals surface area contributed by atoms with Gasteiger partial charge in [0.2, 0.25) is 0 Å². The van der Waals surface area contributed by atoms with Crippen LogP contribution in [0.2, 0.25) is 0 Å². The number of rotatable bonds is 3. The van der Waals surface area contributed by atoms with Crippen LogP contribution in [0.25, 0.3) is 38.6 Å². The highest BCUT2D eigenvalue weighted by atomic mass is 16.6. The number of para-hydroxylation sites is 3. The molecule has 0 saturated carbocycles. The van der Waals surface area contributed by atoms with Crippen molar-refractivity contribution in [1.82, 2.24) is 0 Å². The van der Waals surface area contributed by atoms with Crippen molar-refractivity contribution in [2.75, 3.05) is 4.90 Å². The standard InChI is InChI=1S/C49H31NO3/c1-2-13-30(14-3-1)50(31-25-26-44-37(27-31)35-18-7-11-23-43(35)51-44)42-22-12-24-45-48(42)53-46-28-36-34-17-6-10-21-40(34)49(41(36)29-47(46)52-45)38-19-8-4-15-32(38)33-16-5-9-20-39(33)49/h1-4,6-8,10-29H,5,9H2. The molecule has 0 saturated heterocycles. The first-order valence-corrected chi connectivity index (χ1v) is 18.3. The summed E-state index contributed by atoms with van der Waals surface area (Å²) in [5.41, 5.74) is 14.6. The van der Waals surface area contributed by atoms with Crippen LogP contribution in [0, 0.1) is 0 Å². The molecule has 2 heterocycles. The molecule has 7 aromatic carbocycles. The molecule has 1 aromatic heterocycles. The van der Waals surface area contributed by atoms with E-state index in [1.165, 1.54) is 44.5 Å². The van der Waals surface area contributed by atoms with Gasteiger partial charge in [-0.1, -0.05) is 103 Å². The van der Waals surface area contributed by atoms with Crippen molar-refractivity contribution < 1.29 is 13.9 Å². The van der Waals surface area contributed by atoms with Crippen LogP contribution in [0.1, 0.15) is 35.1 Å². The highest BCUT2D eigenvalue weighted by Gasteiger charge is 2.54. The topological polar surface area (TPSA) is 34.8 Å². The first-order chi connectivity index (χ1) is 26.3. The lowest BCUT2D eigenvalue weighted by Crippen LogP contribution is -2.26. The first-order valence-electron chi connectivity index (χ1n) is 18.3. The Balaban J connectivity index is 1.04. The van der Waals surface area contributed by atoms with E-state index in [1.807, 2.05) is 30.3 Å². The number of benzene rings is 7. The lowest BCUT2D eigenvalue weighted by atomic mass is 9.69. The summed E-state index contributed by atoms with van der Waals surface area (Å²) in [5.74, 6) is 2.79. The molecule has 0 N–H and O–H groups in total. The first kappa shape index (κ1) is 28.9. The Morgan fingerprint density at radius 1 is 0.472 bits per heavy atom. The summed E-state index contributed by atoms with van der Waals surface area (Å²) < 4.78 is 20.1. The van der Waals surface area contributed by atoms with Gasteiger partial charge in [-0.25, -0.2) is 0 Å². The van der Waals surface area contributed by atoms with Gasteiger partial charge in [-0.05, 0) is 118 Å². The predicted octanol–water partition coefficient (Wildman–Crippen LogP) is 13.4. The second kappa shape index (κ2) is 10.6. The smallest absolute Gasteiger partial charge is 0.194 e. The van der Waals surface area contributed by atoms with E-state index in [1.54, 1.807) is 0 Å². The molecule has 0 fully saturated rings. The minimum Gasteiger partial charge on any atom is -0.456 e. The van der Waals surface area contributed by atoms with Crippen molar-refractivity contribution in [2.24, 2.45) is 0 Å². The molecule has 0 amide bonds. The fourth-order valence-corrected chi connectivity index (χ4v) is 9.45. The second-order valence-corrected chi connectivity index (χ2v) is 14.3. The number of nitrogens with zero attached hydrogens (tertiary/aromatic N) is 1. The molecule has 250 valence electrons. The molecule has 12 rings (SSSR count). The lowest BCUT2D eigenvalue weighted by Gasteiger charge is -2.33. The van der Waals surface area contributed by atoms with E-state index in [9.17, 15) is 0 Å². The normalized spacial score (nSPS) is 17.1. The largest absolute Gasteiger partial charge is 0.456 e. The van der Waals surface area contributed by atoms with Crippen molar-refractivity contribution in [1.29, 1.82) is 0 Å². The van der Waals surface area contributed by atoms with Crippen molar-refractivity contribution in [3.63, 3.8) is 0 Å². The fourth-order valence-electron chi connectivity index (χ4n) is 9.45. The van der Waals surface area contributed by atoms with Gasteiger partial charge in [-0.2, -0.15) is 0 Å². The highest BCUT2D eigenvalue weighted by Crippen LogP contribution is 2.66. The van der Waals surface area contributed by atoms with Crippen LogP contribution in [-0.4, -0.2) is 0 Å². The summed E-state index contributed by atoms with van der Waals surface area (Å²) in [6, 6.07) is 53.5. The Labute approximate surface area is 306 Å². The zero-order valence-corrected chi connectivity index (χ0v) is 28.7. The molecule has 8 aromatic rings. The third kappa shape index (κ3) is 3.84. The van der Waals surface area contributed by atoms with Gasteiger partial charge in [0.1, 0.15) is 11.2 Å². The zero-order valence-electron chi connectivity index (χ0n) is 28.7. The maximum absolute atomic E-state index is 7.03. The highest BCUT2D eigenvalue weighted by molar-refractivity contribution is 6.07. The molecule has 4 aliphatic rings. The minimum atomic E-state index is -0.407. The molecule has 4 heteroatoms. The molecule has 1 unspecified atom stereocenters. The lowest BCUT2D eigenvalue weighted by molar-refractivity contribution is 0.360. The molecular weight excluding hydrogens is 651 g/mol. The second-order valence-electron chi connectivity index (χ2n) is 14.3. The Bertz CT molecular complexity index is 2910. The minimum absolute atomic E-state index is 0.407. The van der Waals surface area contributed by atoms with Crippen LogP contribution >= 0.6 is 0 Å². The summed E-state index contributed by atoms with van der Waals surface area (Å²) in [4.78, 5) is 2.24. The van der Waals surface area contributed by atoms with Gasteiger partial charge in [0.15, 0.2) is 23.0 Å². The summed E-state index contributed by atoms with van der Waals surface area (Å²) in [5, 5.41) is 2.15. The molecule has 3 aliphatic carbocycles.